The van der Waals surface area contributed by atoms with E-state index in [1.54, 1.807) is 12.1 Å². The molecule has 2 rings (SSSR count). The number of nitrogen functional groups attached to an aromatic ring is 1. The Hall–Kier alpha value is -2.26. The third kappa shape index (κ3) is 3.14. The Bertz CT molecular complexity index is 514. The first-order valence-electron chi connectivity index (χ1n) is 6.13. The van der Waals surface area contributed by atoms with Gasteiger partial charge in [-0.3, -0.25) is 9.69 Å². The molecule has 1 aliphatic rings. The van der Waals surface area contributed by atoms with Crippen molar-refractivity contribution in [2.45, 2.75) is 0 Å². The van der Waals surface area contributed by atoms with Crippen LogP contribution >= 0.6 is 0 Å². The summed E-state index contributed by atoms with van der Waals surface area (Å²) in [4.78, 5) is 18.4. The molecule has 0 unspecified atom stereocenters. The second-order valence-corrected chi connectivity index (χ2v) is 4.58. The van der Waals surface area contributed by atoms with Crippen molar-refractivity contribution < 1.29 is 4.79 Å². The fourth-order valence-electron chi connectivity index (χ4n) is 2.27. The lowest BCUT2D eigenvalue weighted by atomic mass is 10.2. The summed E-state index contributed by atoms with van der Waals surface area (Å²) in [5.74, 6) is -0.297. The quantitative estimate of drug-likeness (QED) is 0.609. The van der Waals surface area contributed by atoms with Crippen LogP contribution in [0.4, 0.5) is 17.1 Å². The number of hydrogen-bond acceptors (Lipinski definition) is 4. The van der Waals surface area contributed by atoms with Gasteiger partial charge in [0.05, 0.1) is 18.8 Å². The van der Waals surface area contributed by atoms with Gasteiger partial charge in [0.25, 0.3) is 0 Å². The molecule has 19 heavy (non-hydrogen) atoms. The van der Waals surface area contributed by atoms with Crippen LogP contribution in [-0.4, -0.2) is 43.5 Å². The predicted octanol–water partition coefficient (Wildman–Crippen LogP) is 0.427. The van der Waals surface area contributed by atoms with Gasteiger partial charge in [0.1, 0.15) is 0 Å². The molecule has 1 fully saturated rings. The highest BCUT2D eigenvalue weighted by Gasteiger charge is 2.19. The number of amides is 1. The van der Waals surface area contributed by atoms with E-state index < -0.39 is 0 Å². The predicted molar refractivity (Wildman–Crippen MR) is 75.0 cm³/mol. The van der Waals surface area contributed by atoms with Crippen molar-refractivity contribution in [2.24, 2.45) is 5.73 Å². The third-order valence-electron chi connectivity index (χ3n) is 3.23. The number of carbonyl (C=O) groups excluding carboxylic acids is 1. The van der Waals surface area contributed by atoms with Gasteiger partial charge in [-0.15, -0.1) is 0 Å². The lowest BCUT2D eigenvalue weighted by Crippen LogP contribution is -2.49. The standard InChI is InChI=1S/C13H17N5O/c1-16-10-2-3-12(11(14)8-10)18-6-4-17(5-7-18)9-13(15)19/h2-3,8H,4-7,9,14H2,(H2,15,19). The Kier molecular flexibility index (Phi) is 3.88. The molecule has 0 aliphatic carbocycles. The number of piperazine rings is 1. The first kappa shape index (κ1) is 13.2. The molecule has 6 heteroatoms. The lowest BCUT2D eigenvalue weighted by Gasteiger charge is -2.36. The first-order chi connectivity index (χ1) is 9.10. The summed E-state index contributed by atoms with van der Waals surface area (Å²) in [5, 5.41) is 0. The van der Waals surface area contributed by atoms with Crippen molar-refractivity contribution in [1.82, 2.24) is 4.90 Å². The Morgan fingerprint density at radius 3 is 2.53 bits per heavy atom. The van der Waals surface area contributed by atoms with Crippen LogP contribution in [0.15, 0.2) is 18.2 Å². The Morgan fingerprint density at radius 2 is 2.00 bits per heavy atom. The van der Waals surface area contributed by atoms with E-state index in [4.69, 9.17) is 18.0 Å². The smallest absolute Gasteiger partial charge is 0.231 e. The van der Waals surface area contributed by atoms with E-state index in [0.717, 1.165) is 31.9 Å². The zero-order valence-corrected chi connectivity index (χ0v) is 10.7. The summed E-state index contributed by atoms with van der Waals surface area (Å²) in [6.45, 7) is 10.4. The van der Waals surface area contributed by atoms with Crippen molar-refractivity contribution in [2.75, 3.05) is 43.4 Å². The highest BCUT2D eigenvalue weighted by molar-refractivity contribution is 5.76. The summed E-state index contributed by atoms with van der Waals surface area (Å²) < 4.78 is 0. The average molecular weight is 259 g/mol. The molecule has 1 aromatic carbocycles. The molecule has 0 saturated carbocycles. The maximum Gasteiger partial charge on any atom is 0.231 e. The van der Waals surface area contributed by atoms with Gasteiger partial charge in [-0.2, -0.15) is 0 Å². The lowest BCUT2D eigenvalue weighted by molar-refractivity contribution is -0.119. The van der Waals surface area contributed by atoms with E-state index in [2.05, 4.69) is 9.74 Å². The normalized spacial score (nSPS) is 16.1. The van der Waals surface area contributed by atoms with E-state index in [1.165, 1.54) is 0 Å². The van der Waals surface area contributed by atoms with Crippen molar-refractivity contribution in [3.63, 3.8) is 0 Å². The van der Waals surface area contributed by atoms with E-state index in [9.17, 15) is 4.79 Å². The summed E-state index contributed by atoms with van der Waals surface area (Å²) in [6.07, 6.45) is 0. The number of nitrogens with zero attached hydrogens (tertiary/aromatic N) is 3. The van der Waals surface area contributed by atoms with Crippen LogP contribution in [0.3, 0.4) is 0 Å². The van der Waals surface area contributed by atoms with Gasteiger partial charge in [-0.1, -0.05) is 6.07 Å². The summed E-state index contributed by atoms with van der Waals surface area (Å²) in [6, 6.07) is 5.35. The van der Waals surface area contributed by atoms with Gasteiger partial charge in [0.2, 0.25) is 5.91 Å². The average Bonchev–Trinajstić information content (AvgIpc) is 2.39. The Morgan fingerprint density at radius 1 is 1.32 bits per heavy atom. The van der Waals surface area contributed by atoms with E-state index in [-0.39, 0.29) is 5.91 Å². The molecule has 4 N–H and O–H groups in total. The highest BCUT2D eigenvalue weighted by Crippen LogP contribution is 2.28. The molecule has 0 atom stereocenters. The number of carbonyl (C=O) groups is 1. The Balaban J connectivity index is 2.02. The molecule has 1 saturated heterocycles. The molecule has 0 aromatic heterocycles. The van der Waals surface area contributed by atoms with Crippen LogP contribution in [0.25, 0.3) is 4.85 Å². The third-order valence-corrected chi connectivity index (χ3v) is 3.23. The number of benzene rings is 1. The topological polar surface area (TPSA) is 80.0 Å². The van der Waals surface area contributed by atoms with Crippen molar-refractivity contribution in [3.8, 4) is 0 Å². The fourth-order valence-corrected chi connectivity index (χ4v) is 2.27. The van der Waals surface area contributed by atoms with E-state index in [0.29, 0.717) is 17.9 Å². The molecule has 1 aliphatic heterocycles. The van der Waals surface area contributed by atoms with Crippen LogP contribution in [-0.2, 0) is 4.79 Å². The zero-order valence-electron chi connectivity index (χ0n) is 10.7. The second-order valence-electron chi connectivity index (χ2n) is 4.58. The summed E-state index contributed by atoms with van der Waals surface area (Å²) in [5.41, 5.74) is 13.3. The molecular formula is C13H17N5O. The maximum atomic E-state index is 10.9. The Labute approximate surface area is 112 Å². The minimum absolute atomic E-state index is 0.297. The van der Waals surface area contributed by atoms with Gasteiger partial charge in [-0.25, -0.2) is 4.85 Å². The van der Waals surface area contributed by atoms with Gasteiger partial charge < -0.3 is 16.4 Å². The van der Waals surface area contributed by atoms with Crippen LogP contribution in [0.5, 0.6) is 0 Å². The zero-order chi connectivity index (χ0) is 13.8. The minimum atomic E-state index is -0.297. The highest BCUT2D eigenvalue weighted by atomic mass is 16.1. The summed E-state index contributed by atoms with van der Waals surface area (Å²) in [7, 11) is 0. The molecule has 1 heterocycles. The largest absolute Gasteiger partial charge is 0.398 e. The molecule has 0 spiro atoms. The number of nitrogens with two attached hydrogens (primary N) is 2. The number of hydrogen-bond donors (Lipinski definition) is 2. The van der Waals surface area contributed by atoms with E-state index in [1.807, 2.05) is 11.0 Å². The van der Waals surface area contributed by atoms with E-state index >= 15 is 0 Å². The summed E-state index contributed by atoms with van der Waals surface area (Å²) >= 11 is 0. The molecule has 1 aromatic rings. The SMILES string of the molecule is [C-]#[N+]c1ccc(N2CCN(CC(N)=O)CC2)c(N)c1. The molecule has 0 bridgehead atoms. The molecular weight excluding hydrogens is 242 g/mol. The van der Waals surface area contributed by atoms with Crippen molar-refractivity contribution >= 4 is 23.0 Å². The molecule has 0 radical (unpaired) electrons. The van der Waals surface area contributed by atoms with Gasteiger partial charge in [0, 0.05) is 31.9 Å². The van der Waals surface area contributed by atoms with Crippen LogP contribution in [0.1, 0.15) is 0 Å². The minimum Gasteiger partial charge on any atom is -0.398 e. The monoisotopic (exact) mass is 259 g/mol. The number of anilines is 2. The number of rotatable bonds is 3. The molecule has 1 amide bonds. The van der Waals surface area contributed by atoms with Gasteiger partial charge in [0.15, 0.2) is 5.69 Å². The maximum absolute atomic E-state index is 10.9. The fraction of sp³-hybridized carbons (Fsp3) is 0.385. The van der Waals surface area contributed by atoms with Crippen LogP contribution in [0.2, 0.25) is 0 Å². The molecule has 6 nitrogen and oxygen atoms in total. The van der Waals surface area contributed by atoms with Gasteiger partial charge in [-0.05, 0) is 12.1 Å². The first-order valence-corrected chi connectivity index (χ1v) is 6.13. The van der Waals surface area contributed by atoms with Gasteiger partial charge >= 0.3 is 0 Å². The van der Waals surface area contributed by atoms with Crippen LogP contribution < -0.4 is 16.4 Å². The molecule has 100 valence electrons. The van der Waals surface area contributed by atoms with Crippen LogP contribution in [0, 0.1) is 6.57 Å². The number of primary amides is 1. The van der Waals surface area contributed by atoms with Crippen molar-refractivity contribution in [1.29, 1.82) is 0 Å². The van der Waals surface area contributed by atoms with Crippen molar-refractivity contribution in [3.05, 3.63) is 29.6 Å². The second kappa shape index (κ2) is 5.59.